The van der Waals surface area contributed by atoms with Crippen molar-refractivity contribution in [3.05, 3.63) is 24.0 Å². The second kappa shape index (κ2) is 7.44. The van der Waals surface area contributed by atoms with Gasteiger partial charge in [0, 0.05) is 12.0 Å². The van der Waals surface area contributed by atoms with Crippen LogP contribution in [0.5, 0.6) is 5.75 Å². The monoisotopic (exact) mass is 323 g/mol. The fraction of sp³-hybridized carbons (Fsp3) is 0.529. The van der Waals surface area contributed by atoms with Gasteiger partial charge in [-0.2, -0.15) is 0 Å². The van der Waals surface area contributed by atoms with E-state index in [9.17, 15) is 14.0 Å². The van der Waals surface area contributed by atoms with Crippen molar-refractivity contribution in [2.24, 2.45) is 11.8 Å². The maximum Gasteiger partial charge on any atom is 0.306 e. The predicted molar refractivity (Wildman–Crippen MR) is 83.9 cm³/mol. The zero-order valence-corrected chi connectivity index (χ0v) is 13.3. The summed E-state index contributed by atoms with van der Waals surface area (Å²) in [5.74, 6) is -2.07. The minimum absolute atomic E-state index is 0.109. The Hall–Kier alpha value is -2.11. The zero-order chi connectivity index (χ0) is 17.0. The van der Waals surface area contributed by atoms with Crippen LogP contribution in [0.2, 0.25) is 0 Å². The molecule has 2 N–H and O–H groups in total. The van der Waals surface area contributed by atoms with Gasteiger partial charge in [-0.1, -0.05) is 6.42 Å². The van der Waals surface area contributed by atoms with Crippen molar-refractivity contribution in [1.82, 2.24) is 0 Å². The summed E-state index contributed by atoms with van der Waals surface area (Å²) in [6, 6.07) is 3.97. The number of aliphatic carboxylic acids is 1. The number of hydrogen-bond acceptors (Lipinski definition) is 3. The average molecular weight is 323 g/mol. The number of benzene rings is 1. The van der Waals surface area contributed by atoms with Crippen LogP contribution in [-0.2, 0) is 9.59 Å². The molecule has 23 heavy (non-hydrogen) atoms. The van der Waals surface area contributed by atoms with Crippen LogP contribution in [0, 0.1) is 17.7 Å². The molecule has 1 aliphatic rings. The van der Waals surface area contributed by atoms with E-state index in [4.69, 9.17) is 9.84 Å². The van der Waals surface area contributed by atoms with Crippen LogP contribution in [0.3, 0.4) is 0 Å². The van der Waals surface area contributed by atoms with Crippen molar-refractivity contribution in [2.45, 2.75) is 45.6 Å². The van der Waals surface area contributed by atoms with Gasteiger partial charge in [0.25, 0.3) is 0 Å². The summed E-state index contributed by atoms with van der Waals surface area (Å²) in [5, 5.41) is 11.8. The lowest BCUT2D eigenvalue weighted by molar-refractivity contribution is -0.143. The van der Waals surface area contributed by atoms with Gasteiger partial charge in [0.05, 0.1) is 17.7 Å². The van der Waals surface area contributed by atoms with Crippen molar-refractivity contribution in [3.8, 4) is 5.75 Å². The highest BCUT2D eigenvalue weighted by Crippen LogP contribution is 2.32. The smallest absolute Gasteiger partial charge is 0.306 e. The van der Waals surface area contributed by atoms with Crippen LogP contribution in [0.1, 0.15) is 39.5 Å². The minimum Gasteiger partial charge on any atom is -0.489 e. The standard InChI is InChI=1S/C17H22FNO4/c1-10(2)23-15-7-6-13(18)9-14(15)19-16(20)11-4-3-5-12(8-11)17(21)22/h6-7,9-12H,3-5,8H2,1-2H3,(H,19,20)(H,21,22). The Balaban J connectivity index is 2.10. The van der Waals surface area contributed by atoms with Crippen LogP contribution in [0.25, 0.3) is 0 Å². The number of carbonyl (C=O) groups is 2. The number of anilines is 1. The number of carbonyl (C=O) groups excluding carboxylic acids is 1. The normalized spacial score (nSPS) is 21.0. The molecule has 0 radical (unpaired) electrons. The molecular formula is C17H22FNO4. The summed E-state index contributed by atoms with van der Waals surface area (Å²) in [4.78, 5) is 23.5. The molecule has 0 aromatic heterocycles. The lowest BCUT2D eigenvalue weighted by Crippen LogP contribution is -2.31. The fourth-order valence-corrected chi connectivity index (χ4v) is 2.84. The van der Waals surface area contributed by atoms with Crippen LogP contribution in [0.4, 0.5) is 10.1 Å². The Bertz CT molecular complexity index is 588. The molecule has 1 saturated carbocycles. The summed E-state index contributed by atoms with van der Waals surface area (Å²) < 4.78 is 19.0. The van der Waals surface area contributed by atoms with E-state index in [1.165, 1.54) is 18.2 Å². The predicted octanol–water partition coefficient (Wildman–Crippen LogP) is 3.44. The number of hydrogen-bond donors (Lipinski definition) is 2. The van der Waals surface area contributed by atoms with Crippen molar-refractivity contribution >= 4 is 17.6 Å². The molecule has 0 saturated heterocycles. The lowest BCUT2D eigenvalue weighted by atomic mass is 9.81. The van der Waals surface area contributed by atoms with E-state index < -0.39 is 17.7 Å². The third-order valence-corrected chi connectivity index (χ3v) is 3.96. The molecule has 1 aromatic rings. The Morgan fingerprint density at radius 2 is 2.00 bits per heavy atom. The highest BCUT2D eigenvalue weighted by Gasteiger charge is 2.31. The molecule has 1 fully saturated rings. The van der Waals surface area contributed by atoms with E-state index in [0.717, 1.165) is 0 Å². The molecule has 0 bridgehead atoms. The molecule has 1 aromatic carbocycles. The third-order valence-electron chi connectivity index (χ3n) is 3.96. The van der Waals surface area contributed by atoms with Crippen LogP contribution in [-0.4, -0.2) is 23.1 Å². The molecule has 5 nitrogen and oxygen atoms in total. The number of ether oxygens (including phenoxy) is 1. The summed E-state index contributed by atoms with van der Waals surface area (Å²) in [7, 11) is 0. The van der Waals surface area contributed by atoms with E-state index in [0.29, 0.717) is 31.4 Å². The number of carboxylic acid groups (broad SMARTS) is 1. The van der Waals surface area contributed by atoms with Gasteiger partial charge in [0.2, 0.25) is 5.91 Å². The maximum atomic E-state index is 13.5. The second-order valence-corrected chi connectivity index (χ2v) is 6.20. The van der Waals surface area contributed by atoms with Gasteiger partial charge in [-0.05, 0) is 45.2 Å². The highest BCUT2D eigenvalue weighted by atomic mass is 19.1. The largest absolute Gasteiger partial charge is 0.489 e. The molecule has 0 aliphatic heterocycles. The Morgan fingerprint density at radius 3 is 2.65 bits per heavy atom. The topological polar surface area (TPSA) is 75.6 Å². The molecule has 0 spiro atoms. The number of rotatable bonds is 5. The molecular weight excluding hydrogens is 301 g/mol. The van der Waals surface area contributed by atoms with E-state index >= 15 is 0 Å². The zero-order valence-electron chi connectivity index (χ0n) is 13.3. The van der Waals surface area contributed by atoms with Gasteiger partial charge < -0.3 is 15.2 Å². The Kier molecular flexibility index (Phi) is 5.58. The van der Waals surface area contributed by atoms with E-state index in [-0.39, 0.29) is 23.6 Å². The van der Waals surface area contributed by atoms with Gasteiger partial charge in [0.1, 0.15) is 11.6 Å². The summed E-state index contributed by atoms with van der Waals surface area (Å²) >= 11 is 0. The van der Waals surface area contributed by atoms with E-state index in [2.05, 4.69) is 5.32 Å². The average Bonchev–Trinajstić information content (AvgIpc) is 2.49. The van der Waals surface area contributed by atoms with Crippen molar-refractivity contribution in [2.75, 3.05) is 5.32 Å². The number of amides is 1. The lowest BCUT2D eigenvalue weighted by Gasteiger charge is -2.26. The molecule has 126 valence electrons. The first-order valence-corrected chi connectivity index (χ1v) is 7.86. The SMILES string of the molecule is CC(C)Oc1ccc(F)cc1NC(=O)C1CCCC(C(=O)O)C1. The molecule has 1 amide bonds. The molecule has 0 heterocycles. The number of halogens is 1. The maximum absolute atomic E-state index is 13.5. The molecule has 1 aliphatic carbocycles. The first-order valence-electron chi connectivity index (χ1n) is 7.86. The van der Waals surface area contributed by atoms with Gasteiger partial charge >= 0.3 is 5.97 Å². The summed E-state index contributed by atoms with van der Waals surface area (Å²) in [5.41, 5.74) is 0.279. The summed E-state index contributed by atoms with van der Waals surface area (Å²) in [6.45, 7) is 3.68. The van der Waals surface area contributed by atoms with Crippen LogP contribution >= 0.6 is 0 Å². The van der Waals surface area contributed by atoms with Gasteiger partial charge in [0.15, 0.2) is 0 Å². The van der Waals surface area contributed by atoms with Crippen LogP contribution in [0.15, 0.2) is 18.2 Å². The molecule has 2 rings (SSSR count). The van der Waals surface area contributed by atoms with Gasteiger partial charge in [-0.3, -0.25) is 9.59 Å². The Labute approximate surface area is 134 Å². The first kappa shape index (κ1) is 17.2. The quantitative estimate of drug-likeness (QED) is 0.870. The van der Waals surface area contributed by atoms with Crippen molar-refractivity contribution in [1.29, 1.82) is 0 Å². The fourth-order valence-electron chi connectivity index (χ4n) is 2.84. The second-order valence-electron chi connectivity index (χ2n) is 6.20. The van der Waals surface area contributed by atoms with E-state index in [1.54, 1.807) is 0 Å². The Morgan fingerprint density at radius 1 is 1.30 bits per heavy atom. The van der Waals surface area contributed by atoms with Crippen molar-refractivity contribution in [3.63, 3.8) is 0 Å². The number of carboxylic acids is 1. The van der Waals surface area contributed by atoms with Gasteiger partial charge in [-0.25, -0.2) is 4.39 Å². The number of nitrogens with one attached hydrogen (secondary N) is 1. The summed E-state index contributed by atoms with van der Waals surface area (Å²) in [6.07, 6.45) is 2.15. The molecule has 6 heteroatoms. The van der Waals surface area contributed by atoms with Crippen molar-refractivity contribution < 1.29 is 23.8 Å². The minimum atomic E-state index is -0.864. The highest BCUT2D eigenvalue weighted by molar-refractivity contribution is 5.94. The van der Waals surface area contributed by atoms with Crippen LogP contribution < -0.4 is 10.1 Å². The molecule has 2 unspecified atom stereocenters. The third kappa shape index (κ3) is 4.68. The molecule has 2 atom stereocenters. The van der Waals surface area contributed by atoms with Gasteiger partial charge in [-0.15, -0.1) is 0 Å². The first-order chi connectivity index (χ1) is 10.9. The van der Waals surface area contributed by atoms with E-state index in [1.807, 2.05) is 13.8 Å².